The van der Waals surface area contributed by atoms with Crippen molar-refractivity contribution in [1.29, 1.82) is 0 Å². The van der Waals surface area contributed by atoms with Gasteiger partial charge in [-0.3, -0.25) is 14.9 Å². The highest BCUT2D eigenvalue weighted by Gasteiger charge is 2.18. The lowest BCUT2D eigenvalue weighted by molar-refractivity contribution is -0.385. The quantitative estimate of drug-likeness (QED) is 0.467. The zero-order chi connectivity index (χ0) is 11.4. The summed E-state index contributed by atoms with van der Waals surface area (Å²) in [6.07, 6.45) is 0.478. The van der Waals surface area contributed by atoms with E-state index in [1.54, 1.807) is 0 Å². The molecule has 15 heavy (non-hydrogen) atoms. The Hall–Kier alpha value is -1.33. The van der Waals surface area contributed by atoms with Crippen molar-refractivity contribution < 1.29 is 14.5 Å². The van der Waals surface area contributed by atoms with Gasteiger partial charge in [0.2, 0.25) is 0 Å². The molecule has 0 aliphatic carbocycles. The second-order valence-electron chi connectivity index (χ2n) is 2.47. The number of hydrogen-bond acceptors (Lipinski definition) is 4. The third-order valence-electron chi connectivity index (χ3n) is 1.51. The molecular formula is C8H5Cl2NO4. The van der Waals surface area contributed by atoms with Crippen molar-refractivity contribution in [2.45, 2.75) is 0 Å². The van der Waals surface area contributed by atoms with E-state index in [4.69, 9.17) is 27.9 Å². The van der Waals surface area contributed by atoms with Crippen molar-refractivity contribution in [3.63, 3.8) is 0 Å². The van der Waals surface area contributed by atoms with Gasteiger partial charge < -0.3 is 4.74 Å². The Morgan fingerprint density at radius 3 is 2.53 bits per heavy atom. The lowest BCUT2D eigenvalue weighted by Crippen LogP contribution is -2.01. The van der Waals surface area contributed by atoms with Crippen LogP contribution in [0.15, 0.2) is 12.1 Å². The fraction of sp³-hybridized carbons (Fsp3) is 0.125. The first kappa shape index (κ1) is 11.7. The summed E-state index contributed by atoms with van der Waals surface area (Å²) in [6, 6.07) is 2.27. The third kappa shape index (κ3) is 2.81. The van der Waals surface area contributed by atoms with Crippen molar-refractivity contribution in [2.75, 3.05) is 6.61 Å². The van der Waals surface area contributed by atoms with Gasteiger partial charge in [-0.1, -0.05) is 23.2 Å². The number of ether oxygens (including phenoxy) is 1. The Morgan fingerprint density at radius 1 is 1.40 bits per heavy atom. The number of carbonyl (C=O) groups excluding carboxylic acids is 1. The minimum Gasteiger partial charge on any atom is -0.479 e. The Bertz CT molecular complexity index is 408. The number of hydrogen-bond donors (Lipinski definition) is 0. The fourth-order valence-electron chi connectivity index (χ4n) is 0.900. The summed E-state index contributed by atoms with van der Waals surface area (Å²) in [7, 11) is 0. The number of halogens is 2. The lowest BCUT2D eigenvalue weighted by atomic mass is 10.3. The molecule has 0 fully saturated rings. The molecule has 0 bridgehead atoms. The van der Waals surface area contributed by atoms with E-state index < -0.39 is 4.92 Å². The molecule has 0 aliphatic heterocycles. The van der Waals surface area contributed by atoms with E-state index in [1.807, 2.05) is 0 Å². The largest absolute Gasteiger partial charge is 0.479 e. The summed E-state index contributed by atoms with van der Waals surface area (Å²) >= 11 is 11.2. The molecule has 0 aromatic heterocycles. The topological polar surface area (TPSA) is 69.4 Å². The summed E-state index contributed by atoms with van der Waals surface area (Å²) < 4.78 is 4.83. The maximum absolute atomic E-state index is 10.6. The van der Waals surface area contributed by atoms with E-state index in [0.29, 0.717) is 6.29 Å². The zero-order valence-corrected chi connectivity index (χ0v) is 8.79. The van der Waals surface area contributed by atoms with Gasteiger partial charge in [0.25, 0.3) is 0 Å². The van der Waals surface area contributed by atoms with Crippen LogP contribution in [-0.4, -0.2) is 17.8 Å². The van der Waals surface area contributed by atoms with Crippen LogP contribution < -0.4 is 4.74 Å². The fourth-order valence-corrected chi connectivity index (χ4v) is 1.21. The van der Waals surface area contributed by atoms with Crippen LogP contribution in [0.5, 0.6) is 5.75 Å². The van der Waals surface area contributed by atoms with Crippen LogP contribution in [0, 0.1) is 10.1 Å². The maximum atomic E-state index is 10.6. The molecule has 5 nitrogen and oxygen atoms in total. The first-order valence-corrected chi connectivity index (χ1v) is 4.51. The minimum atomic E-state index is -0.664. The smallest absolute Gasteiger partial charge is 0.312 e. The highest BCUT2D eigenvalue weighted by molar-refractivity contribution is 6.42. The van der Waals surface area contributed by atoms with Crippen LogP contribution in [-0.2, 0) is 4.79 Å². The van der Waals surface area contributed by atoms with Crippen LogP contribution >= 0.6 is 23.2 Å². The van der Waals surface area contributed by atoms with E-state index in [-0.39, 0.29) is 28.1 Å². The van der Waals surface area contributed by atoms with E-state index in [0.717, 1.165) is 6.07 Å². The standard InChI is InChI=1S/C8H5Cl2NO4/c9-5-3-7(11(13)14)8(4-6(5)10)15-2-1-12/h1,3-4H,2H2. The molecule has 0 amide bonds. The Morgan fingerprint density at radius 2 is 2.00 bits per heavy atom. The first-order chi connectivity index (χ1) is 7.06. The molecule has 1 rings (SSSR count). The second kappa shape index (κ2) is 4.95. The molecular weight excluding hydrogens is 245 g/mol. The Labute approximate surface area is 94.7 Å². The highest BCUT2D eigenvalue weighted by Crippen LogP contribution is 2.35. The van der Waals surface area contributed by atoms with Crippen molar-refractivity contribution in [2.24, 2.45) is 0 Å². The van der Waals surface area contributed by atoms with Crippen molar-refractivity contribution >= 4 is 35.2 Å². The summed E-state index contributed by atoms with van der Waals surface area (Å²) in [6.45, 7) is -0.279. The Balaban J connectivity index is 3.15. The third-order valence-corrected chi connectivity index (χ3v) is 2.23. The SMILES string of the molecule is O=CCOc1cc(Cl)c(Cl)cc1[N+](=O)[O-]. The number of nitro benzene ring substituents is 1. The van der Waals surface area contributed by atoms with Crippen LogP contribution in [0.3, 0.4) is 0 Å². The van der Waals surface area contributed by atoms with E-state index >= 15 is 0 Å². The number of carbonyl (C=O) groups is 1. The highest BCUT2D eigenvalue weighted by atomic mass is 35.5. The summed E-state index contributed by atoms with van der Waals surface area (Å²) in [4.78, 5) is 20.0. The van der Waals surface area contributed by atoms with Gasteiger partial charge in [0.05, 0.1) is 15.0 Å². The number of nitro groups is 1. The van der Waals surface area contributed by atoms with Crippen LogP contribution in [0.2, 0.25) is 10.0 Å². The molecule has 0 unspecified atom stereocenters. The number of rotatable bonds is 4. The lowest BCUT2D eigenvalue weighted by Gasteiger charge is -2.04. The number of benzene rings is 1. The van der Waals surface area contributed by atoms with Crippen molar-refractivity contribution in [3.05, 3.63) is 32.3 Å². The Kier molecular flexibility index (Phi) is 3.88. The average Bonchev–Trinajstić information content (AvgIpc) is 2.19. The normalized spacial score (nSPS) is 9.73. The molecule has 7 heteroatoms. The molecule has 1 aromatic carbocycles. The minimum absolute atomic E-state index is 0.0572. The van der Waals surface area contributed by atoms with E-state index in [1.165, 1.54) is 6.07 Å². The van der Waals surface area contributed by atoms with E-state index in [2.05, 4.69) is 0 Å². The van der Waals surface area contributed by atoms with Crippen molar-refractivity contribution in [3.8, 4) is 5.75 Å². The van der Waals surface area contributed by atoms with Gasteiger partial charge in [-0.25, -0.2) is 0 Å². The molecule has 0 spiro atoms. The van der Waals surface area contributed by atoms with Gasteiger partial charge >= 0.3 is 5.69 Å². The number of nitrogens with zero attached hydrogens (tertiary/aromatic N) is 1. The molecule has 0 heterocycles. The molecule has 0 N–H and O–H groups in total. The van der Waals surface area contributed by atoms with Crippen LogP contribution in [0.4, 0.5) is 5.69 Å². The molecule has 0 aliphatic rings. The molecule has 0 saturated heterocycles. The van der Waals surface area contributed by atoms with Crippen molar-refractivity contribution in [1.82, 2.24) is 0 Å². The summed E-state index contributed by atoms with van der Waals surface area (Å²) in [5, 5.41) is 10.8. The van der Waals surface area contributed by atoms with Gasteiger partial charge in [0.15, 0.2) is 12.0 Å². The van der Waals surface area contributed by atoms with Gasteiger partial charge in [0.1, 0.15) is 6.61 Å². The predicted molar refractivity (Wildman–Crippen MR) is 54.7 cm³/mol. The molecule has 1 aromatic rings. The van der Waals surface area contributed by atoms with E-state index in [9.17, 15) is 14.9 Å². The van der Waals surface area contributed by atoms with Gasteiger partial charge in [-0.05, 0) is 0 Å². The van der Waals surface area contributed by atoms with Gasteiger partial charge in [-0.15, -0.1) is 0 Å². The monoisotopic (exact) mass is 249 g/mol. The van der Waals surface area contributed by atoms with Crippen LogP contribution in [0.1, 0.15) is 0 Å². The first-order valence-electron chi connectivity index (χ1n) is 3.76. The summed E-state index contributed by atoms with van der Waals surface area (Å²) in [5.41, 5.74) is -0.328. The van der Waals surface area contributed by atoms with Gasteiger partial charge in [-0.2, -0.15) is 0 Å². The molecule has 0 radical (unpaired) electrons. The summed E-state index contributed by atoms with van der Waals surface area (Å²) in [5.74, 6) is -0.0819. The van der Waals surface area contributed by atoms with Gasteiger partial charge in [0, 0.05) is 12.1 Å². The maximum Gasteiger partial charge on any atom is 0.312 e. The van der Waals surface area contributed by atoms with Crippen LogP contribution in [0.25, 0.3) is 0 Å². The average molecular weight is 250 g/mol. The zero-order valence-electron chi connectivity index (χ0n) is 7.28. The second-order valence-corrected chi connectivity index (χ2v) is 3.28. The molecule has 0 saturated carbocycles. The number of aldehydes is 1. The molecule has 0 atom stereocenters. The predicted octanol–water partition coefficient (Wildman–Crippen LogP) is 2.48. The molecule has 80 valence electrons.